The fourth-order valence-electron chi connectivity index (χ4n) is 1.31. The molecule has 0 amide bonds. The first-order valence-corrected chi connectivity index (χ1v) is 5.19. The van der Waals surface area contributed by atoms with E-state index in [4.69, 9.17) is 10.2 Å². The van der Waals surface area contributed by atoms with Crippen molar-refractivity contribution in [1.29, 1.82) is 0 Å². The first-order chi connectivity index (χ1) is 8.65. The molecule has 0 radical (unpaired) electrons. The van der Waals surface area contributed by atoms with Gasteiger partial charge in [0.1, 0.15) is 5.75 Å². The van der Waals surface area contributed by atoms with E-state index in [0.29, 0.717) is 11.4 Å². The number of carboxylic acid groups (broad SMARTS) is 1. The monoisotopic (exact) mass is 242 g/mol. The molecule has 2 aromatic rings. The van der Waals surface area contributed by atoms with Gasteiger partial charge in [-0.1, -0.05) is 0 Å². The number of hydrogen-bond acceptors (Lipinski definition) is 4. The third-order valence-corrected chi connectivity index (χ3v) is 2.24. The predicted molar refractivity (Wildman–Crippen MR) is 65.7 cm³/mol. The van der Waals surface area contributed by atoms with Crippen molar-refractivity contribution in [3.63, 3.8) is 0 Å². The molecule has 0 saturated heterocycles. The SMILES string of the molecule is O=C(O)c1ccc(/N=N/c2ccc(O)cc2)cc1. The van der Waals surface area contributed by atoms with Crippen molar-refractivity contribution in [2.45, 2.75) is 0 Å². The van der Waals surface area contributed by atoms with E-state index in [2.05, 4.69) is 10.2 Å². The number of phenolic OH excluding ortho intramolecular Hbond substituents is 1. The first-order valence-electron chi connectivity index (χ1n) is 5.19. The first kappa shape index (κ1) is 11.8. The van der Waals surface area contributed by atoms with Crippen LogP contribution in [0.25, 0.3) is 0 Å². The van der Waals surface area contributed by atoms with Gasteiger partial charge in [0.2, 0.25) is 0 Å². The van der Waals surface area contributed by atoms with Crippen LogP contribution in [0, 0.1) is 0 Å². The highest BCUT2D eigenvalue weighted by molar-refractivity contribution is 5.87. The summed E-state index contributed by atoms with van der Waals surface area (Å²) in [7, 11) is 0. The molecular formula is C13H10N2O3. The van der Waals surface area contributed by atoms with Gasteiger partial charge in [-0.05, 0) is 48.5 Å². The second-order valence-corrected chi connectivity index (χ2v) is 3.57. The van der Waals surface area contributed by atoms with E-state index >= 15 is 0 Å². The van der Waals surface area contributed by atoms with E-state index in [1.54, 1.807) is 24.3 Å². The fraction of sp³-hybridized carbons (Fsp3) is 0. The van der Waals surface area contributed by atoms with E-state index in [9.17, 15) is 4.79 Å². The normalized spacial score (nSPS) is 10.7. The molecule has 0 bridgehead atoms. The Morgan fingerprint density at radius 3 is 1.72 bits per heavy atom. The summed E-state index contributed by atoms with van der Waals surface area (Å²) in [4.78, 5) is 10.6. The van der Waals surface area contributed by atoms with Gasteiger partial charge in [-0.2, -0.15) is 10.2 Å². The van der Waals surface area contributed by atoms with E-state index in [0.717, 1.165) is 0 Å². The zero-order valence-electron chi connectivity index (χ0n) is 9.32. The van der Waals surface area contributed by atoms with Crippen LogP contribution in [0.3, 0.4) is 0 Å². The van der Waals surface area contributed by atoms with Crippen molar-refractivity contribution >= 4 is 17.3 Å². The number of hydrogen-bond donors (Lipinski definition) is 2. The molecule has 5 nitrogen and oxygen atoms in total. The van der Waals surface area contributed by atoms with Gasteiger partial charge >= 0.3 is 5.97 Å². The number of nitrogens with zero attached hydrogens (tertiary/aromatic N) is 2. The topological polar surface area (TPSA) is 82.2 Å². The van der Waals surface area contributed by atoms with E-state index < -0.39 is 5.97 Å². The zero-order valence-corrected chi connectivity index (χ0v) is 9.32. The van der Waals surface area contributed by atoms with Crippen molar-refractivity contribution in [3.05, 3.63) is 54.1 Å². The van der Waals surface area contributed by atoms with Crippen LogP contribution in [0.1, 0.15) is 10.4 Å². The average molecular weight is 242 g/mol. The Morgan fingerprint density at radius 1 is 0.833 bits per heavy atom. The van der Waals surface area contributed by atoms with Gasteiger partial charge in [0.15, 0.2) is 0 Å². The number of aromatic hydroxyl groups is 1. The lowest BCUT2D eigenvalue weighted by molar-refractivity contribution is 0.0697. The van der Waals surface area contributed by atoms with Gasteiger partial charge in [0.25, 0.3) is 0 Å². The summed E-state index contributed by atoms with van der Waals surface area (Å²) < 4.78 is 0. The van der Waals surface area contributed by atoms with Crippen LogP contribution < -0.4 is 0 Å². The molecule has 0 unspecified atom stereocenters. The van der Waals surface area contributed by atoms with Gasteiger partial charge < -0.3 is 10.2 Å². The molecular weight excluding hydrogens is 232 g/mol. The van der Waals surface area contributed by atoms with Crippen LogP contribution in [-0.2, 0) is 0 Å². The summed E-state index contributed by atoms with van der Waals surface area (Å²) in [6, 6.07) is 12.4. The number of azo groups is 1. The van der Waals surface area contributed by atoms with Gasteiger partial charge in [-0.15, -0.1) is 0 Å². The molecule has 0 fully saturated rings. The van der Waals surface area contributed by atoms with E-state index in [-0.39, 0.29) is 11.3 Å². The predicted octanol–water partition coefficient (Wildman–Crippen LogP) is 3.51. The minimum Gasteiger partial charge on any atom is -0.508 e. The highest BCUT2D eigenvalue weighted by Gasteiger charge is 2.00. The maximum Gasteiger partial charge on any atom is 0.335 e. The summed E-state index contributed by atoms with van der Waals surface area (Å²) in [5.74, 6) is -0.809. The Bertz CT molecular complexity index is 574. The molecule has 2 aromatic carbocycles. The molecule has 90 valence electrons. The van der Waals surface area contributed by atoms with Gasteiger partial charge in [-0.3, -0.25) is 0 Å². The Morgan fingerprint density at radius 2 is 1.28 bits per heavy atom. The molecule has 18 heavy (non-hydrogen) atoms. The van der Waals surface area contributed by atoms with Crippen LogP contribution in [0.15, 0.2) is 58.8 Å². The smallest absolute Gasteiger partial charge is 0.335 e. The summed E-state index contributed by atoms with van der Waals surface area (Å²) in [6.45, 7) is 0. The Kier molecular flexibility index (Phi) is 3.33. The Labute approximate surface area is 103 Å². The molecule has 0 aromatic heterocycles. The largest absolute Gasteiger partial charge is 0.508 e. The zero-order chi connectivity index (χ0) is 13.0. The molecule has 2 N–H and O–H groups in total. The molecule has 0 spiro atoms. The van der Waals surface area contributed by atoms with Crippen LogP contribution in [0.2, 0.25) is 0 Å². The second-order valence-electron chi connectivity index (χ2n) is 3.57. The maximum atomic E-state index is 10.6. The van der Waals surface area contributed by atoms with Crippen LogP contribution in [0.4, 0.5) is 11.4 Å². The number of carboxylic acids is 1. The van der Waals surface area contributed by atoms with Crippen molar-refractivity contribution in [1.82, 2.24) is 0 Å². The second kappa shape index (κ2) is 5.09. The van der Waals surface area contributed by atoms with Gasteiger partial charge in [-0.25, -0.2) is 4.79 Å². The number of rotatable bonds is 3. The quantitative estimate of drug-likeness (QED) is 0.808. The van der Waals surface area contributed by atoms with E-state index in [1.165, 1.54) is 24.3 Å². The number of benzene rings is 2. The summed E-state index contributed by atoms with van der Waals surface area (Å²) in [6.07, 6.45) is 0. The number of phenols is 1. The molecule has 0 saturated carbocycles. The lowest BCUT2D eigenvalue weighted by Crippen LogP contribution is -1.93. The van der Waals surface area contributed by atoms with Gasteiger partial charge in [0, 0.05) is 0 Å². The fourth-order valence-corrected chi connectivity index (χ4v) is 1.31. The van der Waals surface area contributed by atoms with Crippen LogP contribution >= 0.6 is 0 Å². The van der Waals surface area contributed by atoms with Crippen LogP contribution in [-0.4, -0.2) is 16.2 Å². The molecule has 0 heterocycles. The van der Waals surface area contributed by atoms with Crippen molar-refractivity contribution in [2.75, 3.05) is 0 Å². The minimum atomic E-state index is -0.975. The molecule has 0 aliphatic rings. The Balaban J connectivity index is 2.13. The van der Waals surface area contributed by atoms with Crippen LogP contribution in [0.5, 0.6) is 5.75 Å². The number of aromatic carboxylic acids is 1. The van der Waals surface area contributed by atoms with Crippen molar-refractivity contribution < 1.29 is 15.0 Å². The third kappa shape index (κ3) is 2.91. The highest BCUT2D eigenvalue weighted by Crippen LogP contribution is 2.20. The highest BCUT2D eigenvalue weighted by atomic mass is 16.4. The van der Waals surface area contributed by atoms with Crippen molar-refractivity contribution in [2.24, 2.45) is 10.2 Å². The molecule has 0 atom stereocenters. The maximum absolute atomic E-state index is 10.6. The number of carbonyl (C=O) groups is 1. The average Bonchev–Trinajstić information content (AvgIpc) is 2.38. The van der Waals surface area contributed by atoms with Gasteiger partial charge in [0.05, 0.1) is 16.9 Å². The lowest BCUT2D eigenvalue weighted by atomic mass is 10.2. The molecule has 0 aliphatic heterocycles. The minimum absolute atomic E-state index is 0.166. The summed E-state index contributed by atoms with van der Waals surface area (Å²) >= 11 is 0. The molecule has 5 heteroatoms. The molecule has 2 rings (SSSR count). The lowest BCUT2D eigenvalue weighted by Gasteiger charge is -1.95. The molecule has 0 aliphatic carbocycles. The van der Waals surface area contributed by atoms with E-state index in [1.807, 2.05) is 0 Å². The Hall–Kier alpha value is -2.69. The standard InChI is InChI=1S/C13H10N2O3/c16-12-7-5-11(6-8-12)15-14-10-3-1-9(2-4-10)13(17)18/h1-8,16H,(H,17,18)/b15-14+. The summed E-state index contributed by atoms with van der Waals surface area (Å²) in [5.41, 5.74) is 1.38. The summed E-state index contributed by atoms with van der Waals surface area (Å²) in [5, 5.41) is 25.7. The van der Waals surface area contributed by atoms with Crippen molar-refractivity contribution in [3.8, 4) is 5.75 Å². The third-order valence-electron chi connectivity index (χ3n) is 2.24.